The van der Waals surface area contributed by atoms with Gasteiger partial charge in [0.15, 0.2) is 0 Å². The SMILES string of the molecule is CCc1cccnc1CNC1CCc2sc(Cl)cc21. The molecule has 4 heteroatoms. The van der Waals surface area contributed by atoms with Crippen molar-refractivity contribution in [3.05, 3.63) is 50.4 Å². The molecule has 0 fully saturated rings. The third-order valence-electron chi connectivity index (χ3n) is 3.73. The van der Waals surface area contributed by atoms with Crippen molar-refractivity contribution in [3.8, 4) is 0 Å². The number of pyridine rings is 1. The zero-order valence-corrected chi connectivity index (χ0v) is 12.5. The Labute approximate surface area is 122 Å². The predicted molar refractivity (Wildman–Crippen MR) is 80.8 cm³/mol. The zero-order valence-electron chi connectivity index (χ0n) is 10.9. The van der Waals surface area contributed by atoms with Gasteiger partial charge in [-0.05, 0) is 42.5 Å². The zero-order chi connectivity index (χ0) is 13.2. The Hall–Kier alpha value is -0.900. The van der Waals surface area contributed by atoms with Crippen LogP contribution in [0.4, 0.5) is 0 Å². The third-order valence-corrected chi connectivity index (χ3v) is 5.07. The van der Waals surface area contributed by atoms with Crippen molar-refractivity contribution < 1.29 is 0 Å². The number of nitrogens with one attached hydrogen (secondary N) is 1. The summed E-state index contributed by atoms with van der Waals surface area (Å²) < 4.78 is 0.906. The fraction of sp³-hybridized carbons (Fsp3) is 0.400. The van der Waals surface area contributed by atoms with Crippen molar-refractivity contribution in [2.45, 2.75) is 38.8 Å². The van der Waals surface area contributed by atoms with Crippen LogP contribution in [0.1, 0.15) is 41.1 Å². The fourth-order valence-electron chi connectivity index (χ4n) is 2.71. The molecular weight excluding hydrogens is 276 g/mol. The molecule has 0 spiro atoms. The maximum atomic E-state index is 6.09. The van der Waals surface area contributed by atoms with Gasteiger partial charge in [-0.15, -0.1) is 11.3 Å². The number of thiophene rings is 1. The molecule has 100 valence electrons. The smallest absolute Gasteiger partial charge is 0.0934 e. The number of rotatable bonds is 4. The maximum Gasteiger partial charge on any atom is 0.0934 e. The summed E-state index contributed by atoms with van der Waals surface area (Å²) in [5.41, 5.74) is 3.89. The Morgan fingerprint density at radius 3 is 3.26 bits per heavy atom. The van der Waals surface area contributed by atoms with Gasteiger partial charge in [-0.2, -0.15) is 0 Å². The van der Waals surface area contributed by atoms with Gasteiger partial charge in [0.1, 0.15) is 0 Å². The Bertz CT molecular complexity index is 579. The van der Waals surface area contributed by atoms with E-state index in [1.54, 1.807) is 11.3 Å². The van der Waals surface area contributed by atoms with Crippen LogP contribution in [0.5, 0.6) is 0 Å². The van der Waals surface area contributed by atoms with E-state index >= 15 is 0 Å². The predicted octanol–water partition coefficient (Wildman–Crippen LogP) is 4.14. The van der Waals surface area contributed by atoms with Crippen LogP contribution in [0, 0.1) is 0 Å². The lowest BCUT2D eigenvalue weighted by atomic mass is 10.1. The van der Waals surface area contributed by atoms with Crippen LogP contribution in [0.15, 0.2) is 24.4 Å². The van der Waals surface area contributed by atoms with Gasteiger partial charge in [0.2, 0.25) is 0 Å². The molecule has 0 bridgehead atoms. The minimum Gasteiger partial charge on any atom is -0.304 e. The first kappa shape index (κ1) is 13.1. The van der Waals surface area contributed by atoms with Crippen molar-refractivity contribution in [1.82, 2.24) is 10.3 Å². The van der Waals surface area contributed by atoms with E-state index in [2.05, 4.69) is 29.4 Å². The Morgan fingerprint density at radius 1 is 1.53 bits per heavy atom. The quantitative estimate of drug-likeness (QED) is 0.916. The Kier molecular flexibility index (Phi) is 3.87. The average molecular weight is 293 g/mol. The lowest BCUT2D eigenvalue weighted by molar-refractivity contribution is 0.523. The van der Waals surface area contributed by atoms with E-state index in [9.17, 15) is 0 Å². The van der Waals surface area contributed by atoms with E-state index < -0.39 is 0 Å². The summed E-state index contributed by atoms with van der Waals surface area (Å²) in [4.78, 5) is 5.93. The molecule has 2 nitrogen and oxygen atoms in total. The van der Waals surface area contributed by atoms with E-state index in [1.807, 2.05) is 12.3 Å². The summed E-state index contributed by atoms with van der Waals surface area (Å²) in [6.45, 7) is 3.01. The molecular formula is C15H17ClN2S. The van der Waals surface area contributed by atoms with Crippen LogP contribution in [0.25, 0.3) is 0 Å². The monoisotopic (exact) mass is 292 g/mol. The molecule has 19 heavy (non-hydrogen) atoms. The highest BCUT2D eigenvalue weighted by molar-refractivity contribution is 7.16. The van der Waals surface area contributed by atoms with E-state index in [4.69, 9.17) is 11.6 Å². The van der Waals surface area contributed by atoms with Crippen molar-refractivity contribution in [1.29, 1.82) is 0 Å². The first-order chi connectivity index (χ1) is 9.28. The van der Waals surface area contributed by atoms with E-state index in [0.29, 0.717) is 6.04 Å². The summed E-state index contributed by atoms with van der Waals surface area (Å²) >= 11 is 7.81. The van der Waals surface area contributed by atoms with Gasteiger partial charge in [0.25, 0.3) is 0 Å². The largest absolute Gasteiger partial charge is 0.304 e. The highest BCUT2D eigenvalue weighted by Gasteiger charge is 2.24. The molecule has 2 aromatic heterocycles. The van der Waals surface area contributed by atoms with Gasteiger partial charge < -0.3 is 5.32 Å². The number of hydrogen-bond donors (Lipinski definition) is 1. The normalized spacial score (nSPS) is 17.7. The Balaban J connectivity index is 1.70. The van der Waals surface area contributed by atoms with Gasteiger partial charge in [0.05, 0.1) is 10.0 Å². The third kappa shape index (κ3) is 2.69. The molecule has 0 aromatic carbocycles. The molecule has 1 aliphatic rings. The van der Waals surface area contributed by atoms with Crippen LogP contribution in [0.2, 0.25) is 4.34 Å². The molecule has 0 aliphatic heterocycles. The van der Waals surface area contributed by atoms with E-state index in [-0.39, 0.29) is 0 Å². The van der Waals surface area contributed by atoms with Crippen LogP contribution >= 0.6 is 22.9 Å². The van der Waals surface area contributed by atoms with Crippen LogP contribution in [-0.4, -0.2) is 4.98 Å². The van der Waals surface area contributed by atoms with Crippen molar-refractivity contribution in [2.75, 3.05) is 0 Å². The minimum absolute atomic E-state index is 0.436. The minimum atomic E-state index is 0.436. The summed E-state index contributed by atoms with van der Waals surface area (Å²) in [5.74, 6) is 0. The maximum absolute atomic E-state index is 6.09. The van der Waals surface area contributed by atoms with E-state index in [0.717, 1.165) is 23.7 Å². The number of hydrogen-bond acceptors (Lipinski definition) is 3. The number of aryl methyl sites for hydroxylation is 2. The van der Waals surface area contributed by atoms with Gasteiger partial charge in [0, 0.05) is 23.7 Å². The number of aromatic nitrogens is 1. The summed E-state index contributed by atoms with van der Waals surface area (Å²) in [5, 5.41) is 3.63. The second-order valence-electron chi connectivity index (χ2n) is 4.86. The molecule has 0 amide bonds. The highest BCUT2D eigenvalue weighted by atomic mass is 35.5. The topological polar surface area (TPSA) is 24.9 Å². The van der Waals surface area contributed by atoms with Gasteiger partial charge in [-0.1, -0.05) is 24.6 Å². The van der Waals surface area contributed by atoms with Crippen LogP contribution < -0.4 is 5.32 Å². The summed E-state index contributed by atoms with van der Waals surface area (Å²) in [6.07, 6.45) is 5.22. The van der Waals surface area contributed by atoms with Gasteiger partial charge >= 0.3 is 0 Å². The molecule has 3 rings (SSSR count). The second kappa shape index (κ2) is 5.61. The first-order valence-electron chi connectivity index (χ1n) is 6.72. The molecule has 2 aromatic rings. The van der Waals surface area contributed by atoms with Gasteiger partial charge in [-0.3, -0.25) is 4.98 Å². The van der Waals surface area contributed by atoms with E-state index in [1.165, 1.54) is 28.1 Å². The number of fused-ring (bicyclic) bond motifs is 1. The lowest BCUT2D eigenvalue weighted by Gasteiger charge is -2.14. The lowest BCUT2D eigenvalue weighted by Crippen LogP contribution is -2.20. The molecule has 1 atom stereocenters. The molecule has 2 heterocycles. The first-order valence-corrected chi connectivity index (χ1v) is 7.91. The fourth-order valence-corrected chi connectivity index (χ4v) is 4.07. The Morgan fingerprint density at radius 2 is 2.42 bits per heavy atom. The standard InChI is InChI=1S/C15H17ClN2S/c1-2-10-4-3-7-17-13(10)9-18-12-5-6-14-11(12)8-15(16)19-14/h3-4,7-8,12,18H,2,5-6,9H2,1H3. The molecule has 1 N–H and O–H groups in total. The highest BCUT2D eigenvalue weighted by Crippen LogP contribution is 2.39. The average Bonchev–Trinajstić information content (AvgIpc) is 2.96. The molecule has 0 radical (unpaired) electrons. The number of halogens is 1. The van der Waals surface area contributed by atoms with Crippen molar-refractivity contribution in [2.24, 2.45) is 0 Å². The molecule has 1 unspecified atom stereocenters. The molecule has 1 aliphatic carbocycles. The van der Waals surface area contributed by atoms with Crippen LogP contribution in [0.3, 0.4) is 0 Å². The number of nitrogens with zero attached hydrogens (tertiary/aromatic N) is 1. The summed E-state index contributed by atoms with van der Waals surface area (Å²) in [6, 6.07) is 6.72. The van der Waals surface area contributed by atoms with Crippen LogP contribution in [-0.2, 0) is 19.4 Å². The van der Waals surface area contributed by atoms with Crippen molar-refractivity contribution in [3.63, 3.8) is 0 Å². The summed E-state index contributed by atoms with van der Waals surface area (Å²) in [7, 11) is 0. The second-order valence-corrected chi connectivity index (χ2v) is 6.63. The molecule has 0 saturated carbocycles. The van der Waals surface area contributed by atoms with Gasteiger partial charge in [-0.25, -0.2) is 0 Å². The molecule has 0 saturated heterocycles. The van der Waals surface area contributed by atoms with Crippen molar-refractivity contribution >= 4 is 22.9 Å².